The Labute approximate surface area is 164 Å². The van der Waals surface area contributed by atoms with Gasteiger partial charge in [0.2, 0.25) is 5.91 Å². The van der Waals surface area contributed by atoms with Gasteiger partial charge >= 0.3 is 0 Å². The second-order valence-corrected chi connectivity index (χ2v) is 8.65. The van der Waals surface area contributed by atoms with E-state index in [0.29, 0.717) is 5.75 Å². The highest BCUT2D eigenvalue weighted by Crippen LogP contribution is 2.16. The molecule has 140 valence electrons. The average Bonchev–Trinajstić information content (AvgIpc) is 3.10. The Bertz CT molecular complexity index is 723. The van der Waals surface area contributed by atoms with Gasteiger partial charge in [-0.3, -0.25) is 9.69 Å². The molecule has 1 aromatic heterocycles. The first-order chi connectivity index (χ1) is 12.6. The van der Waals surface area contributed by atoms with Gasteiger partial charge < -0.3 is 4.90 Å². The summed E-state index contributed by atoms with van der Waals surface area (Å²) in [6.45, 7) is 8.68. The highest BCUT2D eigenvalue weighted by atomic mass is 32.2. The number of benzene rings is 1. The number of aromatic nitrogens is 1. The van der Waals surface area contributed by atoms with Gasteiger partial charge in [0.25, 0.3) is 0 Å². The zero-order valence-corrected chi connectivity index (χ0v) is 17.2. The average molecular weight is 390 g/mol. The topological polar surface area (TPSA) is 36.4 Å². The summed E-state index contributed by atoms with van der Waals surface area (Å²) in [6, 6.07) is 8.51. The molecule has 2 aromatic rings. The van der Waals surface area contributed by atoms with Crippen molar-refractivity contribution in [1.82, 2.24) is 14.8 Å². The van der Waals surface area contributed by atoms with Gasteiger partial charge in [-0.05, 0) is 18.9 Å². The van der Waals surface area contributed by atoms with Gasteiger partial charge in [0.1, 0.15) is 0 Å². The van der Waals surface area contributed by atoms with E-state index in [-0.39, 0.29) is 5.91 Å². The second kappa shape index (κ2) is 9.53. The quantitative estimate of drug-likeness (QED) is 0.725. The first-order valence-electron chi connectivity index (χ1n) is 9.20. The first-order valence-corrected chi connectivity index (χ1v) is 11.2. The molecule has 0 radical (unpaired) electrons. The Morgan fingerprint density at radius 2 is 2.08 bits per heavy atom. The summed E-state index contributed by atoms with van der Waals surface area (Å²) >= 11 is 3.46. The molecule has 2 heterocycles. The van der Waals surface area contributed by atoms with Crippen LogP contribution in [0.1, 0.15) is 28.8 Å². The van der Waals surface area contributed by atoms with Gasteiger partial charge in [0, 0.05) is 43.9 Å². The highest BCUT2D eigenvalue weighted by Gasteiger charge is 2.21. The minimum atomic E-state index is 0.268. The highest BCUT2D eigenvalue weighted by molar-refractivity contribution is 7.99. The Kier molecular flexibility index (Phi) is 7.11. The van der Waals surface area contributed by atoms with Crippen LogP contribution >= 0.6 is 23.1 Å². The number of amides is 1. The van der Waals surface area contributed by atoms with E-state index in [1.54, 1.807) is 23.1 Å². The van der Waals surface area contributed by atoms with Crippen molar-refractivity contribution >= 4 is 29.0 Å². The van der Waals surface area contributed by atoms with Crippen molar-refractivity contribution in [3.8, 4) is 0 Å². The smallest absolute Gasteiger partial charge is 0.232 e. The monoisotopic (exact) mass is 389 g/mol. The molecule has 1 saturated heterocycles. The lowest BCUT2D eigenvalue weighted by Gasteiger charge is -2.34. The molecule has 0 atom stereocenters. The van der Waals surface area contributed by atoms with E-state index < -0.39 is 0 Å². The lowest BCUT2D eigenvalue weighted by atomic mass is 10.2. The zero-order valence-electron chi connectivity index (χ0n) is 15.6. The van der Waals surface area contributed by atoms with Crippen LogP contribution in [0.5, 0.6) is 0 Å². The van der Waals surface area contributed by atoms with E-state index >= 15 is 0 Å². The van der Waals surface area contributed by atoms with E-state index in [0.717, 1.165) is 44.9 Å². The van der Waals surface area contributed by atoms with Crippen molar-refractivity contribution in [3.63, 3.8) is 0 Å². The number of hydrogen-bond acceptors (Lipinski definition) is 5. The number of thioether (sulfide) groups is 1. The predicted octanol–water partition coefficient (Wildman–Crippen LogP) is 3.59. The molecule has 0 bridgehead atoms. The van der Waals surface area contributed by atoms with Crippen LogP contribution in [0.2, 0.25) is 0 Å². The summed E-state index contributed by atoms with van der Waals surface area (Å²) < 4.78 is 0. The van der Waals surface area contributed by atoms with E-state index in [9.17, 15) is 4.79 Å². The van der Waals surface area contributed by atoms with Crippen LogP contribution in [-0.4, -0.2) is 52.6 Å². The fourth-order valence-corrected chi connectivity index (χ4v) is 4.73. The number of rotatable bonds is 7. The van der Waals surface area contributed by atoms with E-state index in [4.69, 9.17) is 0 Å². The van der Waals surface area contributed by atoms with Gasteiger partial charge in [-0.2, -0.15) is 0 Å². The van der Waals surface area contributed by atoms with Crippen molar-refractivity contribution in [3.05, 3.63) is 51.5 Å². The van der Waals surface area contributed by atoms with Gasteiger partial charge in [-0.25, -0.2) is 4.98 Å². The molecule has 1 aliphatic heterocycles. The molecular formula is C20H27N3OS2. The third-order valence-corrected chi connectivity index (χ3v) is 6.62. The van der Waals surface area contributed by atoms with E-state index in [1.165, 1.54) is 21.8 Å². The predicted molar refractivity (Wildman–Crippen MR) is 111 cm³/mol. The Hall–Kier alpha value is -1.37. The number of nitrogens with zero attached hydrogens (tertiary/aromatic N) is 3. The van der Waals surface area contributed by atoms with Crippen molar-refractivity contribution in [2.45, 2.75) is 32.6 Å². The van der Waals surface area contributed by atoms with Crippen LogP contribution in [0, 0.1) is 6.92 Å². The van der Waals surface area contributed by atoms with Crippen molar-refractivity contribution in [2.75, 3.05) is 31.9 Å². The summed E-state index contributed by atoms with van der Waals surface area (Å²) in [7, 11) is 0. The first kappa shape index (κ1) is 19.4. The third-order valence-electron chi connectivity index (χ3n) is 4.59. The number of carbonyl (C=O) groups is 1. The molecule has 0 N–H and O–H groups in total. The Morgan fingerprint density at radius 3 is 2.77 bits per heavy atom. The van der Waals surface area contributed by atoms with Crippen LogP contribution < -0.4 is 0 Å². The Morgan fingerprint density at radius 1 is 1.27 bits per heavy atom. The molecular weight excluding hydrogens is 362 g/mol. The van der Waals surface area contributed by atoms with Gasteiger partial charge in [-0.15, -0.1) is 23.1 Å². The van der Waals surface area contributed by atoms with Crippen LogP contribution in [0.15, 0.2) is 29.6 Å². The minimum absolute atomic E-state index is 0.268. The maximum atomic E-state index is 12.4. The van der Waals surface area contributed by atoms with Gasteiger partial charge in [0.05, 0.1) is 16.5 Å². The number of aryl methyl sites for hydroxylation is 2. The number of thiazole rings is 1. The van der Waals surface area contributed by atoms with Gasteiger partial charge in [-0.1, -0.05) is 36.8 Å². The normalized spacial score (nSPS) is 15.4. The molecule has 26 heavy (non-hydrogen) atoms. The fourth-order valence-electron chi connectivity index (χ4n) is 3.12. The van der Waals surface area contributed by atoms with Crippen molar-refractivity contribution in [1.29, 1.82) is 0 Å². The number of piperazine rings is 1. The molecule has 0 saturated carbocycles. The zero-order chi connectivity index (χ0) is 18.4. The van der Waals surface area contributed by atoms with Crippen molar-refractivity contribution in [2.24, 2.45) is 0 Å². The largest absolute Gasteiger partial charge is 0.339 e. The number of carbonyl (C=O) groups excluding carboxylic acids is 1. The van der Waals surface area contributed by atoms with Crippen LogP contribution in [-0.2, 0) is 23.5 Å². The molecule has 4 nitrogen and oxygen atoms in total. The lowest BCUT2D eigenvalue weighted by Crippen LogP contribution is -2.48. The SMILES string of the molecule is CCc1nc(CN2CCN(C(=O)CSCc3cccc(C)c3)CC2)cs1. The van der Waals surface area contributed by atoms with Crippen LogP contribution in [0.3, 0.4) is 0 Å². The molecule has 1 aliphatic rings. The minimum Gasteiger partial charge on any atom is -0.339 e. The second-order valence-electron chi connectivity index (χ2n) is 6.72. The fraction of sp³-hybridized carbons (Fsp3) is 0.500. The molecule has 1 amide bonds. The van der Waals surface area contributed by atoms with Crippen molar-refractivity contribution < 1.29 is 4.79 Å². The summed E-state index contributed by atoms with van der Waals surface area (Å²) in [5.41, 5.74) is 3.74. The maximum Gasteiger partial charge on any atom is 0.232 e. The Balaban J connectivity index is 1.37. The summed E-state index contributed by atoms with van der Waals surface area (Å²) in [5, 5.41) is 3.37. The van der Waals surface area contributed by atoms with Gasteiger partial charge in [0.15, 0.2) is 0 Å². The standard InChI is InChI=1S/C20H27N3OS2/c1-3-19-21-18(14-26-19)12-22-7-9-23(10-8-22)20(24)15-25-13-17-6-4-5-16(2)11-17/h4-6,11,14H,3,7-10,12-13,15H2,1-2H3. The summed E-state index contributed by atoms with van der Waals surface area (Å²) in [4.78, 5) is 21.5. The van der Waals surface area contributed by atoms with Crippen LogP contribution in [0.4, 0.5) is 0 Å². The summed E-state index contributed by atoms with van der Waals surface area (Å²) in [5.74, 6) is 1.74. The lowest BCUT2D eigenvalue weighted by molar-refractivity contribution is -0.130. The van der Waals surface area contributed by atoms with Crippen LogP contribution in [0.25, 0.3) is 0 Å². The molecule has 1 fully saturated rings. The molecule has 3 rings (SSSR count). The molecule has 6 heteroatoms. The molecule has 0 aliphatic carbocycles. The maximum absolute atomic E-state index is 12.4. The number of hydrogen-bond donors (Lipinski definition) is 0. The summed E-state index contributed by atoms with van der Waals surface area (Å²) in [6.07, 6.45) is 1.01. The third kappa shape index (κ3) is 5.56. The van der Waals surface area contributed by atoms with E-state index in [1.807, 2.05) is 4.90 Å². The molecule has 0 spiro atoms. The molecule has 0 unspecified atom stereocenters. The van der Waals surface area contributed by atoms with E-state index in [2.05, 4.69) is 53.4 Å². The molecule has 1 aromatic carbocycles.